The maximum atomic E-state index is 8.53. The molecule has 1 atom stereocenters. The van der Waals surface area contributed by atoms with E-state index in [-0.39, 0.29) is 25.1 Å². The van der Waals surface area contributed by atoms with E-state index in [1.807, 2.05) is 6.08 Å². The van der Waals surface area contributed by atoms with Gasteiger partial charge in [0.1, 0.15) is 0 Å². The number of nitrogens with two attached hydrogens (primary N) is 1. The van der Waals surface area contributed by atoms with Gasteiger partial charge in [0.15, 0.2) is 0 Å². The highest BCUT2D eigenvalue weighted by molar-refractivity contribution is 5.85. The second-order valence-corrected chi connectivity index (χ2v) is 2.37. The zero-order valence-electron chi connectivity index (χ0n) is 7.07. The molecule has 70 valence electrons. The van der Waals surface area contributed by atoms with Crippen LogP contribution in [0.1, 0.15) is 19.3 Å². The lowest BCUT2D eigenvalue weighted by Crippen LogP contribution is -2.20. The van der Waals surface area contributed by atoms with Gasteiger partial charge in [0, 0.05) is 12.5 Å². The second-order valence-electron chi connectivity index (χ2n) is 2.37. The maximum absolute atomic E-state index is 8.53. The minimum atomic E-state index is -0.221. The number of aliphatic hydroxyl groups is 1. The minimum absolute atomic E-state index is 0. The first kappa shape index (κ1) is 14.1. The van der Waals surface area contributed by atoms with E-state index in [1.165, 1.54) is 0 Å². The van der Waals surface area contributed by atoms with Crippen LogP contribution in [0.4, 0.5) is 0 Å². The van der Waals surface area contributed by atoms with Gasteiger partial charge in [-0.05, 0) is 12.8 Å². The summed E-state index contributed by atoms with van der Waals surface area (Å²) in [7, 11) is 0. The normalized spacial score (nSPS) is 12.1. The van der Waals surface area contributed by atoms with Crippen LogP contribution >= 0.6 is 12.4 Å². The van der Waals surface area contributed by atoms with Crippen LogP contribution < -0.4 is 5.73 Å². The number of rotatable bonds is 5. The Bertz CT molecular complexity index is 151. The molecule has 0 heterocycles. The molecule has 0 aromatic rings. The predicted molar refractivity (Wildman–Crippen MR) is 54.1 cm³/mol. The van der Waals surface area contributed by atoms with Gasteiger partial charge in [0.25, 0.3) is 0 Å². The van der Waals surface area contributed by atoms with Crippen molar-refractivity contribution in [1.29, 1.82) is 0 Å². The number of hydrogen-bond donors (Lipinski definition) is 2. The topological polar surface area (TPSA) is 46.2 Å². The molecule has 0 unspecified atom stereocenters. The molecule has 0 bridgehead atoms. The van der Waals surface area contributed by atoms with Crippen molar-refractivity contribution < 1.29 is 5.11 Å². The fourth-order valence-corrected chi connectivity index (χ4v) is 0.654. The number of allylic oxidation sites excluding steroid dienone is 1. The van der Waals surface area contributed by atoms with Crippen molar-refractivity contribution in [1.82, 2.24) is 0 Å². The zero-order valence-corrected chi connectivity index (χ0v) is 7.89. The molecule has 3 N–H and O–H groups in total. The van der Waals surface area contributed by atoms with Gasteiger partial charge in [0.05, 0.1) is 6.61 Å². The summed E-state index contributed by atoms with van der Waals surface area (Å²) >= 11 is 0. The summed E-state index contributed by atoms with van der Waals surface area (Å²) < 4.78 is 0. The standard InChI is InChI=1S/C9H15NO.ClH/c1-2-3-4-5-6-7-9(10)8-11;/h1,6-7,9,11H,3-5,8,10H2;1H/b7-6-;/t9-;/m1./s1. The largest absolute Gasteiger partial charge is 0.394 e. The molecule has 0 aromatic carbocycles. The number of hydrogen-bond acceptors (Lipinski definition) is 2. The van der Waals surface area contributed by atoms with Gasteiger partial charge < -0.3 is 10.8 Å². The van der Waals surface area contributed by atoms with Gasteiger partial charge >= 0.3 is 0 Å². The van der Waals surface area contributed by atoms with Crippen molar-refractivity contribution in [3.63, 3.8) is 0 Å². The number of terminal acetylenes is 1. The minimum Gasteiger partial charge on any atom is -0.394 e. The van der Waals surface area contributed by atoms with Crippen LogP contribution in [-0.2, 0) is 0 Å². The van der Waals surface area contributed by atoms with Crippen LogP contribution in [-0.4, -0.2) is 17.8 Å². The molecule has 0 aliphatic carbocycles. The predicted octanol–water partition coefficient (Wildman–Crippen LogP) is 1.09. The zero-order chi connectivity index (χ0) is 8.53. The summed E-state index contributed by atoms with van der Waals surface area (Å²) in [6.45, 7) is 0.00559. The highest BCUT2D eigenvalue weighted by atomic mass is 35.5. The molecule has 0 amide bonds. The average Bonchev–Trinajstić information content (AvgIpc) is 2.04. The van der Waals surface area contributed by atoms with Gasteiger partial charge in [-0.15, -0.1) is 24.8 Å². The highest BCUT2D eigenvalue weighted by Gasteiger charge is 1.90. The summed E-state index contributed by atoms with van der Waals surface area (Å²) in [6.07, 6.45) is 11.6. The summed E-state index contributed by atoms with van der Waals surface area (Å²) in [4.78, 5) is 0. The molecule has 0 saturated carbocycles. The molecule has 0 saturated heterocycles. The van der Waals surface area contributed by atoms with E-state index >= 15 is 0 Å². The molecule has 0 spiro atoms. The van der Waals surface area contributed by atoms with E-state index in [1.54, 1.807) is 6.08 Å². The molecular formula is C9H16ClNO. The third kappa shape index (κ3) is 9.51. The molecule has 0 fully saturated rings. The lowest BCUT2D eigenvalue weighted by Gasteiger charge is -1.98. The van der Waals surface area contributed by atoms with Crippen molar-refractivity contribution in [3.05, 3.63) is 12.2 Å². The van der Waals surface area contributed by atoms with Crippen LogP contribution in [0.15, 0.2) is 12.2 Å². The summed E-state index contributed by atoms with van der Waals surface area (Å²) in [6, 6.07) is -0.221. The molecule has 12 heavy (non-hydrogen) atoms. The second kappa shape index (κ2) is 10.5. The SMILES string of the molecule is C#CCCC/C=C\[C@@H](N)CO.Cl. The number of halogens is 1. The molecule has 0 rings (SSSR count). The summed E-state index contributed by atoms with van der Waals surface area (Å²) in [5.41, 5.74) is 5.41. The summed E-state index contributed by atoms with van der Waals surface area (Å²) in [5, 5.41) is 8.53. The Kier molecular flexibility index (Phi) is 12.3. The third-order valence-electron chi connectivity index (χ3n) is 1.29. The molecule has 0 aliphatic heterocycles. The third-order valence-corrected chi connectivity index (χ3v) is 1.29. The van der Waals surface area contributed by atoms with Crippen LogP contribution in [0.5, 0.6) is 0 Å². The molecule has 0 aliphatic rings. The molecule has 0 radical (unpaired) electrons. The lowest BCUT2D eigenvalue weighted by molar-refractivity contribution is 0.284. The molecule has 0 aromatic heterocycles. The van der Waals surface area contributed by atoms with Gasteiger partial charge in [-0.2, -0.15) is 0 Å². The van der Waals surface area contributed by atoms with Gasteiger partial charge in [0.2, 0.25) is 0 Å². The van der Waals surface area contributed by atoms with Gasteiger partial charge in [-0.25, -0.2) is 0 Å². The lowest BCUT2D eigenvalue weighted by atomic mass is 10.2. The molecule has 2 nitrogen and oxygen atoms in total. The molecule has 3 heteroatoms. The quantitative estimate of drug-likeness (QED) is 0.387. The van der Waals surface area contributed by atoms with Crippen LogP contribution in [0.25, 0.3) is 0 Å². The monoisotopic (exact) mass is 189 g/mol. The van der Waals surface area contributed by atoms with E-state index in [2.05, 4.69) is 5.92 Å². The van der Waals surface area contributed by atoms with Crippen LogP contribution in [0.2, 0.25) is 0 Å². The molecular weight excluding hydrogens is 174 g/mol. The Balaban J connectivity index is 0. The van der Waals surface area contributed by atoms with Crippen molar-refractivity contribution in [2.75, 3.05) is 6.61 Å². The Morgan fingerprint density at radius 1 is 1.58 bits per heavy atom. The van der Waals surface area contributed by atoms with E-state index in [9.17, 15) is 0 Å². The highest BCUT2D eigenvalue weighted by Crippen LogP contribution is 1.95. The van der Waals surface area contributed by atoms with Crippen molar-refractivity contribution in [2.45, 2.75) is 25.3 Å². The average molecular weight is 190 g/mol. The fourth-order valence-electron chi connectivity index (χ4n) is 0.654. The van der Waals surface area contributed by atoms with E-state index in [0.717, 1.165) is 19.3 Å². The smallest absolute Gasteiger partial charge is 0.0618 e. The van der Waals surface area contributed by atoms with E-state index in [0.29, 0.717) is 0 Å². The Morgan fingerprint density at radius 3 is 2.75 bits per heavy atom. The van der Waals surface area contributed by atoms with Crippen molar-refractivity contribution >= 4 is 12.4 Å². The Labute approximate surface area is 80.3 Å². The van der Waals surface area contributed by atoms with E-state index < -0.39 is 0 Å². The Morgan fingerprint density at radius 2 is 2.25 bits per heavy atom. The Hall–Kier alpha value is -0.490. The maximum Gasteiger partial charge on any atom is 0.0618 e. The van der Waals surface area contributed by atoms with Crippen molar-refractivity contribution in [3.8, 4) is 12.3 Å². The fraction of sp³-hybridized carbons (Fsp3) is 0.556. The first-order valence-corrected chi connectivity index (χ1v) is 3.77. The number of unbranched alkanes of at least 4 members (excludes halogenated alkanes) is 2. The van der Waals surface area contributed by atoms with Gasteiger partial charge in [-0.1, -0.05) is 12.2 Å². The van der Waals surface area contributed by atoms with E-state index in [4.69, 9.17) is 17.3 Å². The number of aliphatic hydroxyl groups excluding tert-OH is 1. The first-order valence-electron chi connectivity index (χ1n) is 3.77. The van der Waals surface area contributed by atoms with Crippen LogP contribution in [0, 0.1) is 12.3 Å². The van der Waals surface area contributed by atoms with Gasteiger partial charge in [-0.3, -0.25) is 0 Å². The summed E-state index contributed by atoms with van der Waals surface area (Å²) in [5.74, 6) is 2.56. The van der Waals surface area contributed by atoms with Crippen LogP contribution in [0.3, 0.4) is 0 Å². The van der Waals surface area contributed by atoms with Crippen molar-refractivity contribution in [2.24, 2.45) is 5.73 Å². The first-order chi connectivity index (χ1) is 5.31.